The van der Waals surface area contributed by atoms with Crippen LogP contribution in [-0.4, -0.2) is 23.9 Å². The number of likely N-dealkylation sites (tertiary alicyclic amines) is 1. The minimum absolute atomic E-state index is 0. The lowest BCUT2D eigenvalue weighted by Gasteiger charge is -2.40. The van der Waals surface area contributed by atoms with Crippen LogP contribution in [0.1, 0.15) is 49.9 Å². The molecule has 1 aromatic carbocycles. The van der Waals surface area contributed by atoms with E-state index in [9.17, 15) is 4.79 Å². The zero-order chi connectivity index (χ0) is 13.9. The number of anilines is 1. The number of nitrogens with zero attached hydrogens (tertiary/aromatic N) is 1. The number of rotatable bonds is 3. The predicted octanol–water partition coefficient (Wildman–Crippen LogP) is 3.73. The summed E-state index contributed by atoms with van der Waals surface area (Å²) >= 11 is 0. The van der Waals surface area contributed by atoms with E-state index >= 15 is 0 Å². The fourth-order valence-electron chi connectivity index (χ4n) is 3.16. The van der Waals surface area contributed by atoms with Gasteiger partial charge in [-0.3, -0.25) is 4.79 Å². The number of halogens is 1. The molecule has 0 radical (unpaired) electrons. The molecule has 1 amide bonds. The molecule has 0 aromatic heterocycles. The highest BCUT2D eigenvalue weighted by molar-refractivity contribution is 5.99. The lowest BCUT2D eigenvalue weighted by molar-refractivity contribution is 0.0531. The fourth-order valence-corrected chi connectivity index (χ4v) is 3.16. The molecule has 1 unspecified atom stereocenters. The molecule has 1 saturated heterocycles. The van der Waals surface area contributed by atoms with E-state index in [4.69, 9.17) is 5.73 Å². The molecule has 2 rings (SSSR count). The number of amides is 1. The van der Waals surface area contributed by atoms with Crippen molar-refractivity contribution >= 4 is 24.0 Å². The van der Waals surface area contributed by atoms with Crippen molar-refractivity contribution < 1.29 is 4.79 Å². The van der Waals surface area contributed by atoms with Crippen LogP contribution in [0.25, 0.3) is 0 Å². The van der Waals surface area contributed by atoms with Crippen molar-refractivity contribution in [3.8, 4) is 0 Å². The summed E-state index contributed by atoms with van der Waals surface area (Å²) in [5, 5.41) is 0. The summed E-state index contributed by atoms with van der Waals surface area (Å²) in [5.41, 5.74) is 7.40. The normalized spacial score (nSPS) is 22.2. The number of benzene rings is 1. The van der Waals surface area contributed by atoms with E-state index in [1.165, 1.54) is 19.3 Å². The standard InChI is InChI=1S/C16H24N2O.ClH/c1-3-9-16(2)10-6-11-18(12-16)15(19)13-7-4-5-8-14(13)17;/h4-5,7-8H,3,6,9-12,17H2,1-2H3;1H. The van der Waals surface area contributed by atoms with Gasteiger partial charge in [0.15, 0.2) is 0 Å². The summed E-state index contributed by atoms with van der Waals surface area (Å²) in [6, 6.07) is 7.36. The molecule has 0 aliphatic carbocycles. The maximum Gasteiger partial charge on any atom is 0.255 e. The first-order valence-corrected chi connectivity index (χ1v) is 7.19. The van der Waals surface area contributed by atoms with Gasteiger partial charge in [0, 0.05) is 18.8 Å². The Kier molecular flexibility index (Phi) is 5.88. The number of piperidine rings is 1. The Hall–Kier alpha value is -1.22. The Morgan fingerprint density at radius 3 is 2.75 bits per heavy atom. The fraction of sp³-hybridized carbons (Fsp3) is 0.562. The van der Waals surface area contributed by atoms with E-state index in [2.05, 4.69) is 13.8 Å². The molecule has 1 aromatic rings. The molecule has 0 spiro atoms. The largest absolute Gasteiger partial charge is 0.398 e. The minimum Gasteiger partial charge on any atom is -0.398 e. The van der Waals surface area contributed by atoms with Gasteiger partial charge in [0.05, 0.1) is 5.56 Å². The number of carbonyl (C=O) groups excluding carboxylic acids is 1. The van der Waals surface area contributed by atoms with Crippen LogP contribution in [0.5, 0.6) is 0 Å². The Labute approximate surface area is 127 Å². The van der Waals surface area contributed by atoms with Gasteiger partial charge in [0.2, 0.25) is 0 Å². The first-order chi connectivity index (χ1) is 9.06. The van der Waals surface area contributed by atoms with Crippen LogP contribution < -0.4 is 5.73 Å². The highest BCUT2D eigenvalue weighted by Gasteiger charge is 2.32. The molecule has 1 aliphatic heterocycles. The number of para-hydroxylation sites is 1. The molecule has 1 fully saturated rings. The van der Waals surface area contributed by atoms with Crippen molar-refractivity contribution in [3.63, 3.8) is 0 Å². The third-order valence-corrected chi connectivity index (χ3v) is 4.11. The smallest absolute Gasteiger partial charge is 0.255 e. The second-order valence-electron chi connectivity index (χ2n) is 5.98. The molecular weight excluding hydrogens is 272 g/mol. The minimum atomic E-state index is 0. The summed E-state index contributed by atoms with van der Waals surface area (Å²) in [5.74, 6) is 0.0835. The average Bonchev–Trinajstić information content (AvgIpc) is 2.38. The Bertz CT molecular complexity index is 460. The number of nitrogens with two attached hydrogens (primary N) is 1. The van der Waals surface area contributed by atoms with Gasteiger partial charge in [-0.2, -0.15) is 0 Å². The average molecular weight is 297 g/mol. The zero-order valence-electron chi connectivity index (χ0n) is 12.4. The summed E-state index contributed by atoms with van der Waals surface area (Å²) in [7, 11) is 0. The lowest BCUT2D eigenvalue weighted by Crippen LogP contribution is -2.45. The SMILES string of the molecule is CCCC1(C)CCCN(C(=O)c2ccccc2N)C1.Cl. The second-order valence-corrected chi connectivity index (χ2v) is 5.98. The number of nitrogen functional groups attached to an aromatic ring is 1. The number of carbonyl (C=O) groups is 1. The molecule has 0 bridgehead atoms. The highest BCUT2D eigenvalue weighted by Crippen LogP contribution is 2.34. The third kappa shape index (κ3) is 3.66. The van der Waals surface area contributed by atoms with Gasteiger partial charge in [-0.05, 0) is 36.8 Å². The van der Waals surface area contributed by atoms with E-state index in [-0.39, 0.29) is 23.7 Å². The summed E-state index contributed by atoms with van der Waals surface area (Å²) in [6.07, 6.45) is 4.66. The predicted molar refractivity (Wildman–Crippen MR) is 86.3 cm³/mol. The van der Waals surface area contributed by atoms with Crippen LogP contribution in [0, 0.1) is 5.41 Å². The molecule has 2 N–H and O–H groups in total. The molecule has 0 saturated carbocycles. The maximum absolute atomic E-state index is 12.6. The third-order valence-electron chi connectivity index (χ3n) is 4.11. The van der Waals surface area contributed by atoms with E-state index in [1.807, 2.05) is 23.1 Å². The van der Waals surface area contributed by atoms with E-state index < -0.39 is 0 Å². The van der Waals surface area contributed by atoms with Gasteiger partial charge in [-0.25, -0.2) is 0 Å². The Morgan fingerprint density at radius 1 is 1.40 bits per heavy atom. The molecule has 20 heavy (non-hydrogen) atoms. The molecule has 112 valence electrons. The van der Waals surface area contributed by atoms with Gasteiger partial charge >= 0.3 is 0 Å². The number of hydrogen-bond acceptors (Lipinski definition) is 2. The van der Waals surface area contributed by atoms with Gasteiger partial charge in [-0.1, -0.05) is 32.4 Å². The molecular formula is C16H25ClN2O. The Morgan fingerprint density at radius 2 is 2.10 bits per heavy atom. The van der Waals surface area contributed by atoms with Gasteiger partial charge in [0.25, 0.3) is 5.91 Å². The van der Waals surface area contributed by atoms with E-state index in [1.54, 1.807) is 6.07 Å². The first-order valence-electron chi connectivity index (χ1n) is 7.19. The van der Waals surface area contributed by atoms with Crippen LogP contribution in [0.15, 0.2) is 24.3 Å². The van der Waals surface area contributed by atoms with Crippen LogP contribution in [-0.2, 0) is 0 Å². The molecule has 1 atom stereocenters. The monoisotopic (exact) mass is 296 g/mol. The van der Waals surface area contributed by atoms with Crippen molar-refractivity contribution in [2.24, 2.45) is 5.41 Å². The number of hydrogen-bond donors (Lipinski definition) is 1. The van der Waals surface area contributed by atoms with Crippen molar-refractivity contribution in [2.75, 3.05) is 18.8 Å². The molecule has 1 aliphatic rings. The summed E-state index contributed by atoms with van der Waals surface area (Å²) < 4.78 is 0. The van der Waals surface area contributed by atoms with E-state index in [0.717, 1.165) is 19.5 Å². The van der Waals surface area contributed by atoms with Crippen LogP contribution >= 0.6 is 12.4 Å². The second kappa shape index (κ2) is 6.98. The Balaban J connectivity index is 0.00000200. The van der Waals surface area contributed by atoms with E-state index in [0.29, 0.717) is 11.3 Å². The van der Waals surface area contributed by atoms with Crippen LogP contribution in [0.4, 0.5) is 5.69 Å². The van der Waals surface area contributed by atoms with Crippen molar-refractivity contribution in [2.45, 2.75) is 39.5 Å². The summed E-state index contributed by atoms with van der Waals surface area (Å²) in [6.45, 7) is 6.21. The van der Waals surface area contributed by atoms with Gasteiger partial charge in [-0.15, -0.1) is 12.4 Å². The van der Waals surface area contributed by atoms with Gasteiger partial charge in [0.1, 0.15) is 0 Å². The quantitative estimate of drug-likeness (QED) is 0.864. The van der Waals surface area contributed by atoms with Crippen LogP contribution in [0.3, 0.4) is 0 Å². The van der Waals surface area contributed by atoms with Crippen molar-refractivity contribution in [3.05, 3.63) is 29.8 Å². The van der Waals surface area contributed by atoms with Crippen LogP contribution in [0.2, 0.25) is 0 Å². The van der Waals surface area contributed by atoms with Gasteiger partial charge < -0.3 is 10.6 Å². The molecule has 1 heterocycles. The van der Waals surface area contributed by atoms with Crippen molar-refractivity contribution in [1.29, 1.82) is 0 Å². The molecule has 4 heteroatoms. The topological polar surface area (TPSA) is 46.3 Å². The van der Waals surface area contributed by atoms with Crippen molar-refractivity contribution in [1.82, 2.24) is 4.90 Å². The molecule has 3 nitrogen and oxygen atoms in total. The summed E-state index contributed by atoms with van der Waals surface area (Å²) in [4.78, 5) is 14.5. The maximum atomic E-state index is 12.6. The zero-order valence-corrected chi connectivity index (χ0v) is 13.2. The lowest BCUT2D eigenvalue weighted by atomic mass is 9.78. The first kappa shape index (κ1) is 16.8. The highest BCUT2D eigenvalue weighted by atomic mass is 35.5.